The molecule has 1 aromatic heterocycles. The molecular formula is C11H14N4O2. The summed E-state index contributed by atoms with van der Waals surface area (Å²) in [6, 6.07) is 6.58. The molecule has 6 nitrogen and oxygen atoms in total. The number of hydrogen-bond donors (Lipinski definition) is 1. The maximum absolute atomic E-state index is 11.9. The number of rotatable bonds is 4. The first kappa shape index (κ1) is 11.4. The molecule has 0 atom stereocenters. The van der Waals surface area contributed by atoms with Crippen LogP contribution in [0.15, 0.2) is 24.3 Å². The van der Waals surface area contributed by atoms with Gasteiger partial charge in [-0.15, -0.1) is 0 Å². The number of benzene rings is 1. The van der Waals surface area contributed by atoms with Crippen LogP contribution < -0.4 is 14.9 Å². The van der Waals surface area contributed by atoms with Gasteiger partial charge in [0, 0.05) is 10.9 Å². The Labute approximate surface area is 98.7 Å². The Kier molecular flexibility index (Phi) is 3.22. The summed E-state index contributed by atoms with van der Waals surface area (Å²) in [5.74, 6) is 0.0483. The molecule has 0 unspecified atom stereocenters. The zero-order chi connectivity index (χ0) is 12.3. The summed E-state index contributed by atoms with van der Waals surface area (Å²) < 4.78 is 0.652. The van der Waals surface area contributed by atoms with Gasteiger partial charge in [-0.2, -0.15) is 0 Å². The van der Waals surface area contributed by atoms with E-state index in [2.05, 4.69) is 17.3 Å². The van der Waals surface area contributed by atoms with Crippen molar-refractivity contribution in [3.8, 4) is 0 Å². The Morgan fingerprint density at radius 1 is 1.24 bits per heavy atom. The molecule has 6 heteroatoms. The average molecular weight is 234 g/mol. The lowest BCUT2D eigenvalue weighted by Gasteiger charge is -2.09. The minimum atomic E-state index is 0.0483. The van der Waals surface area contributed by atoms with E-state index >= 15 is 0 Å². The molecular weight excluding hydrogens is 220 g/mol. The van der Waals surface area contributed by atoms with Gasteiger partial charge in [0.05, 0.1) is 6.54 Å². The Morgan fingerprint density at radius 2 is 1.94 bits per heavy atom. The van der Waals surface area contributed by atoms with Crippen LogP contribution in [0.3, 0.4) is 0 Å². The summed E-state index contributed by atoms with van der Waals surface area (Å²) in [6.45, 7) is 2.68. The van der Waals surface area contributed by atoms with Gasteiger partial charge in [-0.1, -0.05) is 25.5 Å². The summed E-state index contributed by atoms with van der Waals surface area (Å²) in [4.78, 5) is 0.470. The van der Waals surface area contributed by atoms with Gasteiger partial charge in [-0.05, 0) is 12.5 Å². The molecule has 0 radical (unpaired) electrons. The topological polar surface area (TPSA) is 78.8 Å². The van der Waals surface area contributed by atoms with Crippen molar-refractivity contribution in [3.63, 3.8) is 0 Å². The van der Waals surface area contributed by atoms with Crippen LogP contribution in [0.2, 0.25) is 0 Å². The minimum absolute atomic E-state index is 0.0483. The lowest BCUT2D eigenvalue weighted by molar-refractivity contribution is -0.672. The van der Waals surface area contributed by atoms with E-state index in [0.29, 0.717) is 21.6 Å². The highest BCUT2D eigenvalue weighted by Gasteiger charge is 2.18. The maximum Gasteiger partial charge on any atom is 0.460 e. The van der Waals surface area contributed by atoms with E-state index in [4.69, 9.17) is 0 Å². The van der Waals surface area contributed by atoms with Crippen molar-refractivity contribution in [2.75, 3.05) is 11.9 Å². The third-order valence-corrected chi connectivity index (χ3v) is 2.50. The van der Waals surface area contributed by atoms with E-state index in [9.17, 15) is 10.4 Å². The molecule has 17 heavy (non-hydrogen) atoms. The molecule has 0 amide bonds. The molecule has 0 fully saturated rings. The molecule has 0 aliphatic rings. The SMILES string of the molecule is CCCCNc1n[n+]([O-])c2ccccc2[n+]1[O-]. The second-order valence-corrected chi connectivity index (χ2v) is 3.76. The number of hydrogen-bond acceptors (Lipinski definition) is 4. The van der Waals surface area contributed by atoms with Crippen molar-refractivity contribution in [1.29, 1.82) is 0 Å². The molecule has 0 saturated carbocycles. The Morgan fingerprint density at radius 3 is 2.65 bits per heavy atom. The molecule has 1 heterocycles. The molecule has 0 spiro atoms. The molecule has 2 rings (SSSR count). The molecule has 2 aromatic rings. The highest BCUT2D eigenvalue weighted by atomic mass is 16.5. The highest BCUT2D eigenvalue weighted by Crippen LogP contribution is 2.05. The summed E-state index contributed by atoms with van der Waals surface area (Å²) in [5.41, 5.74) is 0.583. The normalized spacial score (nSPS) is 10.6. The van der Waals surface area contributed by atoms with Gasteiger partial charge in [0.2, 0.25) is 5.10 Å². The number of para-hydroxylation sites is 2. The first-order valence-corrected chi connectivity index (χ1v) is 5.60. The van der Waals surface area contributed by atoms with E-state index in [1.165, 1.54) is 0 Å². The molecule has 0 bridgehead atoms. The van der Waals surface area contributed by atoms with Crippen molar-refractivity contribution < 1.29 is 9.58 Å². The van der Waals surface area contributed by atoms with Crippen molar-refractivity contribution >= 4 is 17.0 Å². The largest absolute Gasteiger partial charge is 0.739 e. The number of anilines is 1. The standard InChI is InChI=1S/C11H14N4O2/c1-2-3-8-12-11-13-15(17)10-7-5-4-6-9(10)14(11)16/h4-7H,2-3,8H2,1H3,(H,12,13). The number of nitrogens with zero attached hydrogens (tertiary/aromatic N) is 3. The first-order chi connectivity index (χ1) is 8.24. The van der Waals surface area contributed by atoms with Gasteiger partial charge in [-0.3, -0.25) is 5.32 Å². The quantitative estimate of drug-likeness (QED) is 0.480. The maximum atomic E-state index is 11.9. The summed E-state index contributed by atoms with van der Waals surface area (Å²) in [7, 11) is 0. The van der Waals surface area contributed by atoms with E-state index in [1.807, 2.05) is 0 Å². The van der Waals surface area contributed by atoms with Crippen LogP contribution in [-0.4, -0.2) is 11.6 Å². The van der Waals surface area contributed by atoms with Crippen molar-refractivity contribution in [2.24, 2.45) is 0 Å². The van der Waals surface area contributed by atoms with Gasteiger partial charge < -0.3 is 10.4 Å². The van der Waals surface area contributed by atoms with Crippen molar-refractivity contribution in [3.05, 3.63) is 34.7 Å². The van der Waals surface area contributed by atoms with Crippen molar-refractivity contribution in [1.82, 2.24) is 5.10 Å². The molecule has 90 valence electrons. The van der Waals surface area contributed by atoms with Gasteiger partial charge in [-0.25, -0.2) is 4.73 Å². The fourth-order valence-corrected chi connectivity index (χ4v) is 1.58. The van der Waals surface area contributed by atoms with Crippen molar-refractivity contribution in [2.45, 2.75) is 19.8 Å². The Bertz CT molecular complexity index is 530. The summed E-state index contributed by atoms with van der Waals surface area (Å²) in [5, 5.41) is 30.1. The molecule has 0 aliphatic carbocycles. The number of aromatic nitrogens is 3. The predicted molar refractivity (Wildman–Crippen MR) is 63.1 cm³/mol. The van der Waals surface area contributed by atoms with Gasteiger partial charge in [0.15, 0.2) is 5.52 Å². The number of fused-ring (bicyclic) bond motifs is 1. The van der Waals surface area contributed by atoms with Crippen LogP contribution >= 0.6 is 0 Å². The lowest BCUT2D eigenvalue weighted by atomic mass is 10.3. The zero-order valence-corrected chi connectivity index (χ0v) is 9.59. The van der Waals surface area contributed by atoms with Gasteiger partial charge >= 0.3 is 5.95 Å². The summed E-state index contributed by atoms with van der Waals surface area (Å²) in [6.07, 6.45) is 1.93. The molecule has 1 N–H and O–H groups in total. The molecule has 1 aromatic carbocycles. The summed E-state index contributed by atoms with van der Waals surface area (Å²) >= 11 is 0. The number of unbranched alkanes of at least 4 members (excludes halogenated alkanes) is 1. The van der Waals surface area contributed by atoms with Crippen LogP contribution in [0.25, 0.3) is 11.0 Å². The number of nitrogens with one attached hydrogen (secondary N) is 1. The monoisotopic (exact) mass is 234 g/mol. The van der Waals surface area contributed by atoms with Crippen LogP contribution in [0.1, 0.15) is 19.8 Å². The average Bonchev–Trinajstić information content (AvgIpc) is 2.36. The van der Waals surface area contributed by atoms with Gasteiger partial charge in [0.1, 0.15) is 0 Å². The van der Waals surface area contributed by atoms with Crippen LogP contribution in [0, 0.1) is 10.4 Å². The van der Waals surface area contributed by atoms with Gasteiger partial charge in [0.25, 0.3) is 5.52 Å². The predicted octanol–water partition coefficient (Wildman–Crippen LogP) is 0.714. The van der Waals surface area contributed by atoms with Crippen LogP contribution in [-0.2, 0) is 0 Å². The second-order valence-electron chi connectivity index (χ2n) is 3.76. The molecule has 0 saturated heterocycles. The Balaban J connectivity index is 2.40. The highest BCUT2D eigenvalue weighted by molar-refractivity contribution is 5.67. The van der Waals surface area contributed by atoms with Crippen LogP contribution in [0.5, 0.6) is 0 Å². The minimum Gasteiger partial charge on any atom is -0.739 e. The zero-order valence-electron chi connectivity index (χ0n) is 9.59. The third-order valence-electron chi connectivity index (χ3n) is 2.50. The Hall–Kier alpha value is -2.11. The van der Waals surface area contributed by atoms with Crippen LogP contribution in [0.4, 0.5) is 5.95 Å². The van der Waals surface area contributed by atoms with E-state index < -0.39 is 0 Å². The lowest BCUT2D eigenvalue weighted by Crippen LogP contribution is -2.44. The molecule has 0 aliphatic heterocycles. The fourth-order valence-electron chi connectivity index (χ4n) is 1.58. The van der Waals surface area contributed by atoms with E-state index in [-0.39, 0.29) is 11.5 Å². The fraction of sp³-hybridized carbons (Fsp3) is 0.364. The second kappa shape index (κ2) is 4.82. The first-order valence-electron chi connectivity index (χ1n) is 5.60. The third kappa shape index (κ3) is 2.20. The van der Waals surface area contributed by atoms with E-state index in [1.54, 1.807) is 24.3 Å². The smallest absolute Gasteiger partial charge is 0.460 e. The van der Waals surface area contributed by atoms with E-state index in [0.717, 1.165) is 12.8 Å².